The first-order valence-corrected chi connectivity index (χ1v) is 6.27. The quantitative estimate of drug-likeness (QED) is 0.763. The average molecular weight is 218 g/mol. The number of aryl methyl sites for hydroxylation is 1. The fraction of sp³-hybridized carbons (Fsp3) is 0.571. The first-order valence-electron chi connectivity index (χ1n) is 6.27. The number of rotatable bonds is 3. The van der Waals surface area contributed by atoms with Crippen LogP contribution in [-0.2, 0) is 0 Å². The van der Waals surface area contributed by atoms with Gasteiger partial charge in [-0.25, -0.2) is 0 Å². The van der Waals surface area contributed by atoms with E-state index in [1.807, 2.05) is 0 Å². The van der Waals surface area contributed by atoms with Crippen molar-refractivity contribution >= 4 is 11.4 Å². The summed E-state index contributed by atoms with van der Waals surface area (Å²) in [4.78, 5) is 0. The number of anilines is 2. The molecule has 0 spiro atoms. The number of nitrogens with two attached hydrogens (primary N) is 1. The average Bonchev–Trinajstić information content (AvgIpc) is 2.67. The molecule has 0 heterocycles. The van der Waals surface area contributed by atoms with Gasteiger partial charge in [0.2, 0.25) is 0 Å². The maximum atomic E-state index is 6.04. The van der Waals surface area contributed by atoms with Crippen LogP contribution in [-0.4, -0.2) is 6.54 Å². The fourth-order valence-electron chi connectivity index (χ4n) is 2.60. The molecule has 0 saturated heterocycles. The van der Waals surface area contributed by atoms with Crippen LogP contribution in [0.3, 0.4) is 0 Å². The summed E-state index contributed by atoms with van der Waals surface area (Å²) in [5.41, 5.74) is 9.19. The minimum atomic E-state index is 0.819. The molecule has 1 aliphatic rings. The van der Waals surface area contributed by atoms with Crippen LogP contribution < -0.4 is 11.1 Å². The molecule has 16 heavy (non-hydrogen) atoms. The molecule has 3 N–H and O–H groups in total. The molecule has 0 aliphatic heterocycles. The van der Waals surface area contributed by atoms with E-state index in [9.17, 15) is 0 Å². The van der Waals surface area contributed by atoms with Crippen molar-refractivity contribution in [1.29, 1.82) is 0 Å². The zero-order chi connectivity index (χ0) is 11.5. The smallest absolute Gasteiger partial charge is 0.0579 e. The van der Waals surface area contributed by atoms with E-state index >= 15 is 0 Å². The van der Waals surface area contributed by atoms with Gasteiger partial charge in [0.15, 0.2) is 0 Å². The normalized spacial score (nSPS) is 24.6. The molecule has 1 aliphatic carbocycles. The van der Waals surface area contributed by atoms with Crippen LogP contribution in [0.25, 0.3) is 0 Å². The van der Waals surface area contributed by atoms with Crippen molar-refractivity contribution in [2.75, 3.05) is 17.6 Å². The molecule has 88 valence electrons. The first-order chi connectivity index (χ1) is 7.68. The van der Waals surface area contributed by atoms with Gasteiger partial charge in [0.1, 0.15) is 0 Å². The van der Waals surface area contributed by atoms with Gasteiger partial charge < -0.3 is 11.1 Å². The SMILES string of the molecule is Cc1cccc(NCC2CCCC2C)c1N. The third-order valence-electron chi connectivity index (χ3n) is 3.92. The van der Waals surface area contributed by atoms with Crippen molar-refractivity contribution < 1.29 is 0 Å². The van der Waals surface area contributed by atoms with E-state index in [0.29, 0.717) is 0 Å². The third kappa shape index (κ3) is 2.31. The molecule has 0 radical (unpaired) electrons. The van der Waals surface area contributed by atoms with Gasteiger partial charge >= 0.3 is 0 Å². The van der Waals surface area contributed by atoms with Gasteiger partial charge in [-0.1, -0.05) is 31.9 Å². The van der Waals surface area contributed by atoms with Gasteiger partial charge in [-0.2, -0.15) is 0 Å². The highest BCUT2D eigenvalue weighted by molar-refractivity contribution is 5.69. The third-order valence-corrected chi connectivity index (χ3v) is 3.92. The van der Waals surface area contributed by atoms with Gasteiger partial charge in [0.25, 0.3) is 0 Å². The molecule has 2 nitrogen and oxygen atoms in total. The Morgan fingerprint density at radius 1 is 1.38 bits per heavy atom. The van der Waals surface area contributed by atoms with Crippen LogP contribution >= 0.6 is 0 Å². The summed E-state index contributed by atoms with van der Waals surface area (Å²) >= 11 is 0. The minimum Gasteiger partial charge on any atom is -0.397 e. The zero-order valence-corrected chi connectivity index (χ0v) is 10.3. The lowest BCUT2D eigenvalue weighted by Crippen LogP contribution is -2.17. The summed E-state index contributed by atoms with van der Waals surface area (Å²) < 4.78 is 0. The number of benzene rings is 1. The van der Waals surface area contributed by atoms with E-state index < -0.39 is 0 Å². The Morgan fingerprint density at radius 2 is 2.19 bits per heavy atom. The van der Waals surface area contributed by atoms with Gasteiger partial charge in [-0.05, 0) is 36.8 Å². The zero-order valence-electron chi connectivity index (χ0n) is 10.3. The van der Waals surface area contributed by atoms with Crippen molar-refractivity contribution in [3.63, 3.8) is 0 Å². The van der Waals surface area contributed by atoms with Gasteiger partial charge in [-0.15, -0.1) is 0 Å². The van der Waals surface area contributed by atoms with Crippen LogP contribution in [0, 0.1) is 18.8 Å². The van der Waals surface area contributed by atoms with Gasteiger partial charge in [0.05, 0.1) is 11.4 Å². The van der Waals surface area contributed by atoms with Crippen LogP contribution in [0.15, 0.2) is 18.2 Å². The molecule has 2 atom stereocenters. The number of nitrogen functional groups attached to an aromatic ring is 1. The van der Waals surface area contributed by atoms with Crippen molar-refractivity contribution in [3.8, 4) is 0 Å². The Labute approximate surface area is 98.2 Å². The van der Waals surface area contributed by atoms with Crippen molar-refractivity contribution in [1.82, 2.24) is 0 Å². The highest BCUT2D eigenvalue weighted by Gasteiger charge is 2.22. The lowest BCUT2D eigenvalue weighted by atomic mass is 9.98. The maximum absolute atomic E-state index is 6.04. The minimum absolute atomic E-state index is 0.819. The molecule has 1 fully saturated rings. The van der Waals surface area contributed by atoms with Crippen molar-refractivity contribution in [2.24, 2.45) is 11.8 Å². The van der Waals surface area contributed by atoms with E-state index in [-0.39, 0.29) is 0 Å². The second-order valence-corrected chi connectivity index (χ2v) is 5.09. The van der Waals surface area contributed by atoms with E-state index in [1.165, 1.54) is 19.3 Å². The van der Waals surface area contributed by atoms with E-state index in [0.717, 1.165) is 35.3 Å². The highest BCUT2D eigenvalue weighted by atomic mass is 14.9. The van der Waals surface area contributed by atoms with E-state index in [1.54, 1.807) is 0 Å². The Kier molecular flexibility index (Phi) is 3.37. The maximum Gasteiger partial charge on any atom is 0.0579 e. The summed E-state index contributed by atoms with van der Waals surface area (Å²) in [6.07, 6.45) is 4.13. The predicted molar refractivity (Wildman–Crippen MR) is 70.6 cm³/mol. The highest BCUT2D eigenvalue weighted by Crippen LogP contribution is 2.32. The Bertz CT molecular complexity index is 360. The van der Waals surface area contributed by atoms with Crippen molar-refractivity contribution in [2.45, 2.75) is 33.1 Å². The monoisotopic (exact) mass is 218 g/mol. The van der Waals surface area contributed by atoms with Gasteiger partial charge in [-0.3, -0.25) is 0 Å². The molecule has 2 rings (SSSR count). The van der Waals surface area contributed by atoms with Crippen LogP contribution in [0.4, 0.5) is 11.4 Å². The summed E-state index contributed by atoms with van der Waals surface area (Å²) in [6, 6.07) is 6.19. The van der Waals surface area contributed by atoms with Crippen LogP contribution in [0.2, 0.25) is 0 Å². The standard InChI is InChI=1S/C14H22N2/c1-10-5-3-7-12(10)9-16-13-8-4-6-11(2)14(13)15/h4,6,8,10,12,16H,3,5,7,9,15H2,1-2H3. The number of para-hydroxylation sites is 1. The lowest BCUT2D eigenvalue weighted by Gasteiger charge is -2.18. The molecule has 1 aromatic rings. The number of nitrogens with one attached hydrogen (secondary N) is 1. The summed E-state index contributed by atoms with van der Waals surface area (Å²) in [7, 11) is 0. The molecule has 1 aromatic carbocycles. The van der Waals surface area contributed by atoms with Crippen LogP contribution in [0.5, 0.6) is 0 Å². The number of hydrogen-bond donors (Lipinski definition) is 2. The summed E-state index contributed by atoms with van der Waals surface area (Å²) in [5.74, 6) is 1.68. The molecular formula is C14H22N2. The van der Waals surface area contributed by atoms with Crippen molar-refractivity contribution in [3.05, 3.63) is 23.8 Å². The largest absolute Gasteiger partial charge is 0.397 e. The Balaban J connectivity index is 1.96. The summed E-state index contributed by atoms with van der Waals surface area (Å²) in [5, 5.41) is 3.50. The second kappa shape index (κ2) is 4.77. The van der Waals surface area contributed by atoms with Crippen LogP contribution in [0.1, 0.15) is 31.7 Å². The second-order valence-electron chi connectivity index (χ2n) is 5.09. The lowest BCUT2D eigenvalue weighted by molar-refractivity contribution is 0.440. The molecular weight excluding hydrogens is 196 g/mol. The Morgan fingerprint density at radius 3 is 2.88 bits per heavy atom. The first kappa shape index (κ1) is 11.3. The fourth-order valence-corrected chi connectivity index (χ4v) is 2.60. The number of hydrogen-bond acceptors (Lipinski definition) is 2. The van der Waals surface area contributed by atoms with E-state index in [2.05, 4.69) is 37.4 Å². The molecule has 2 unspecified atom stereocenters. The molecule has 0 amide bonds. The van der Waals surface area contributed by atoms with Gasteiger partial charge in [0, 0.05) is 6.54 Å². The topological polar surface area (TPSA) is 38.0 Å². The van der Waals surface area contributed by atoms with E-state index in [4.69, 9.17) is 5.73 Å². The molecule has 2 heteroatoms. The molecule has 0 aromatic heterocycles. The summed E-state index contributed by atoms with van der Waals surface area (Å²) in [6.45, 7) is 5.48. The molecule has 0 bridgehead atoms. The Hall–Kier alpha value is -1.18. The predicted octanol–water partition coefficient (Wildman–Crippen LogP) is 3.43. The molecule has 1 saturated carbocycles.